The number of hydrogen-bond acceptors (Lipinski definition) is 1. The molecule has 1 nitrogen and oxygen atoms in total. The van der Waals surface area contributed by atoms with E-state index in [-0.39, 0.29) is 11.3 Å². The molecule has 0 saturated heterocycles. The first kappa shape index (κ1) is 12.4. The van der Waals surface area contributed by atoms with E-state index in [1.165, 1.54) is 0 Å². The molecular weight excluding hydrogens is 229 g/mol. The SMILES string of the molecule is CCC1(C)C(O)CC1c1cc(F)c(F)c(F)c1. The molecule has 3 atom stereocenters. The van der Waals surface area contributed by atoms with Crippen LogP contribution in [0.25, 0.3) is 0 Å². The van der Waals surface area contributed by atoms with E-state index in [1.807, 2.05) is 13.8 Å². The second kappa shape index (κ2) is 4.02. The first-order valence-electron chi connectivity index (χ1n) is 5.72. The molecule has 1 aliphatic rings. The summed E-state index contributed by atoms with van der Waals surface area (Å²) in [5.41, 5.74) is 0.0486. The zero-order chi connectivity index (χ0) is 12.8. The highest BCUT2D eigenvalue weighted by Crippen LogP contribution is 2.55. The van der Waals surface area contributed by atoms with E-state index in [4.69, 9.17) is 0 Å². The topological polar surface area (TPSA) is 20.2 Å². The molecule has 0 aromatic heterocycles. The van der Waals surface area contributed by atoms with Gasteiger partial charge < -0.3 is 5.11 Å². The molecule has 4 heteroatoms. The fraction of sp³-hybridized carbons (Fsp3) is 0.538. The Morgan fingerprint density at radius 1 is 1.29 bits per heavy atom. The van der Waals surface area contributed by atoms with E-state index >= 15 is 0 Å². The molecule has 0 heterocycles. The zero-order valence-corrected chi connectivity index (χ0v) is 9.80. The Morgan fingerprint density at radius 3 is 2.24 bits per heavy atom. The predicted octanol–water partition coefficient (Wildman–Crippen LogP) is 3.37. The fourth-order valence-electron chi connectivity index (χ4n) is 2.61. The third kappa shape index (κ3) is 1.75. The Kier molecular flexibility index (Phi) is 2.94. The maximum atomic E-state index is 13.1. The van der Waals surface area contributed by atoms with Crippen LogP contribution in [0.15, 0.2) is 12.1 Å². The third-order valence-electron chi connectivity index (χ3n) is 4.19. The van der Waals surface area contributed by atoms with Gasteiger partial charge in [-0.2, -0.15) is 0 Å². The summed E-state index contributed by atoms with van der Waals surface area (Å²) in [6.45, 7) is 3.80. The van der Waals surface area contributed by atoms with Crippen molar-refractivity contribution in [3.8, 4) is 0 Å². The molecule has 1 aromatic carbocycles. The first-order valence-corrected chi connectivity index (χ1v) is 5.72. The van der Waals surface area contributed by atoms with Crippen LogP contribution in [-0.2, 0) is 0 Å². The summed E-state index contributed by atoms with van der Waals surface area (Å²) >= 11 is 0. The van der Waals surface area contributed by atoms with Crippen LogP contribution in [0.5, 0.6) is 0 Å². The lowest BCUT2D eigenvalue weighted by Crippen LogP contribution is -2.49. The van der Waals surface area contributed by atoms with Crippen molar-refractivity contribution < 1.29 is 18.3 Å². The Balaban J connectivity index is 2.37. The van der Waals surface area contributed by atoms with Crippen LogP contribution in [0.4, 0.5) is 13.2 Å². The average Bonchev–Trinajstić information content (AvgIpc) is 2.31. The highest BCUT2D eigenvalue weighted by molar-refractivity contribution is 5.29. The van der Waals surface area contributed by atoms with E-state index in [9.17, 15) is 18.3 Å². The number of halogens is 3. The van der Waals surface area contributed by atoms with Gasteiger partial charge in [0.2, 0.25) is 0 Å². The first-order chi connectivity index (χ1) is 7.90. The van der Waals surface area contributed by atoms with Gasteiger partial charge in [0.1, 0.15) is 0 Å². The maximum Gasteiger partial charge on any atom is 0.194 e. The van der Waals surface area contributed by atoms with E-state index in [0.29, 0.717) is 18.4 Å². The van der Waals surface area contributed by atoms with Crippen LogP contribution in [-0.4, -0.2) is 11.2 Å². The van der Waals surface area contributed by atoms with E-state index in [1.54, 1.807) is 0 Å². The van der Waals surface area contributed by atoms with Crippen molar-refractivity contribution in [3.05, 3.63) is 35.1 Å². The van der Waals surface area contributed by atoms with Crippen molar-refractivity contribution in [2.45, 2.75) is 38.7 Å². The molecule has 0 radical (unpaired) electrons. The molecule has 0 bridgehead atoms. The zero-order valence-electron chi connectivity index (χ0n) is 9.80. The molecule has 1 saturated carbocycles. The molecular formula is C13H15F3O. The second-order valence-corrected chi connectivity index (χ2v) is 4.96. The molecule has 17 heavy (non-hydrogen) atoms. The number of benzene rings is 1. The lowest BCUT2D eigenvalue weighted by atomic mass is 9.55. The minimum atomic E-state index is -1.44. The van der Waals surface area contributed by atoms with Crippen molar-refractivity contribution in [2.24, 2.45) is 5.41 Å². The standard InChI is InChI=1S/C13H15F3O/c1-3-13(2)8(6-11(13)17)7-4-9(14)12(16)10(15)5-7/h4-5,8,11,17H,3,6H2,1-2H3. The Morgan fingerprint density at radius 2 is 1.82 bits per heavy atom. The van der Waals surface area contributed by atoms with Gasteiger partial charge in [-0.1, -0.05) is 13.8 Å². The van der Waals surface area contributed by atoms with Gasteiger partial charge in [0, 0.05) is 5.41 Å². The molecule has 3 unspecified atom stereocenters. The Labute approximate surface area is 98.3 Å². The quantitative estimate of drug-likeness (QED) is 0.791. The molecule has 0 aliphatic heterocycles. The number of hydrogen-bond donors (Lipinski definition) is 1. The molecule has 0 spiro atoms. The van der Waals surface area contributed by atoms with Crippen LogP contribution in [0.3, 0.4) is 0 Å². The summed E-state index contributed by atoms with van der Waals surface area (Å²) in [6, 6.07) is 2.06. The van der Waals surface area contributed by atoms with Gasteiger partial charge in [-0.15, -0.1) is 0 Å². The van der Waals surface area contributed by atoms with Gasteiger partial charge in [0.15, 0.2) is 17.5 Å². The molecule has 1 aromatic rings. The summed E-state index contributed by atoms with van der Waals surface area (Å²) < 4.78 is 39.1. The lowest BCUT2D eigenvalue weighted by molar-refractivity contribution is -0.0779. The van der Waals surface area contributed by atoms with E-state index < -0.39 is 23.6 Å². The van der Waals surface area contributed by atoms with Gasteiger partial charge in [0.25, 0.3) is 0 Å². The molecule has 1 N–H and O–H groups in total. The van der Waals surface area contributed by atoms with Crippen molar-refractivity contribution >= 4 is 0 Å². The fourth-order valence-corrected chi connectivity index (χ4v) is 2.61. The van der Waals surface area contributed by atoms with Crippen LogP contribution in [0.2, 0.25) is 0 Å². The van der Waals surface area contributed by atoms with Crippen molar-refractivity contribution in [3.63, 3.8) is 0 Å². The molecule has 2 rings (SSSR count). The van der Waals surface area contributed by atoms with Crippen LogP contribution >= 0.6 is 0 Å². The normalized spacial score (nSPS) is 32.4. The van der Waals surface area contributed by atoms with E-state index in [2.05, 4.69) is 0 Å². The Bertz CT molecular complexity index is 423. The summed E-state index contributed by atoms with van der Waals surface area (Å²) in [5.74, 6) is -3.89. The second-order valence-electron chi connectivity index (χ2n) is 4.96. The molecule has 1 aliphatic carbocycles. The smallest absolute Gasteiger partial charge is 0.194 e. The van der Waals surface area contributed by atoms with Crippen molar-refractivity contribution in [1.82, 2.24) is 0 Å². The average molecular weight is 244 g/mol. The van der Waals surface area contributed by atoms with Crippen LogP contribution < -0.4 is 0 Å². The lowest BCUT2D eigenvalue weighted by Gasteiger charge is -2.51. The third-order valence-corrected chi connectivity index (χ3v) is 4.19. The molecule has 0 amide bonds. The van der Waals surface area contributed by atoms with Crippen molar-refractivity contribution in [1.29, 1.82) is 0 Å². The largest absolute Gasteiger partial charge is 0.393 e. The minimum absolute atomic E-state index is 0.118. The van der Waals surface area contributed by atoms with Gasteiger partial charge >= 0.3 is 0 Å². The van der Waals surface area contributed by atoms with Gasteiger partial charge in [-0.3, -0.25) is 0 Å². The monoisotopic (exact) mass is 244 g/mol. The number of aliphatic hydroxyl groups excluding tert-OH is 1. The predicted molar refractivity (Wildman–Crippen MR) is 58.1 cm³/mol. The summed E-state index contributed by atoms with van der Waals surface area (Å²) in [4.78, 5) is 0. The number of rotatable bonds is 2. The highest BCUT2D eigenvalue weighted by atomic mass is 19.2. The van der Waals surface area contributed by atoms with Crippen molar-refractivity contribution in [2.75, 3.05) is 0 Å². The summed E-state index contributed by atoms with van der Waals surface area (Å²) in [7, 11) is 0. The number of aliphatic hydroxyl groups is 1. The maximum absolute atomic E-state index is 13.1. The van der Waals surface area contributed by atoms with Gasteiger partial charge in [0.05, 0.1) is 6.10 Å². The summed E-state index contributed by atoms with van der Waals surface area (Å²) in [6.07, 6.45) is 0.711. The van der Waals surface area contributed by atoms with Gasteiger partial charge in [-0.25, -0.2) is 13.2 Å². The van der Waals surface area contributed by atoms with Crippen LogP contribution in [0.1, 0.15) is 38.2 Å². The van der Waals surface area contributed by atoms with Crippen LogP contribution in [0, 0.1) is 22.9 Å². The highest BCUT2D eigenvalue weighted by Gasteiger charge is 2.50. The Hall–Kier alpha value is -1.03. The summed E-state index contributed by atoms with van der Waals surface area (Å²) in [5, 5.41) is 9.73. The van der Waals surface area contributed by atoms with Gasteiger partial charge in [-0.05, 0) is 36.5 Å². The van der Waals surface area contributed by atoms with E-state index in [0.717, 1.165) is 12.1 Å². The molecule has 94 valence electrons. The minimum Gasteiger partial charge on any atom is -0.393 e. The molecule has 1 fully saturated rings.